The fourth-order valence-electron chi connectivity index (χ4n) is 2.62. The summed E-state index contributed by atoms with van der Waals surface area (Å²) in [6, 6.07) is 7.48. The van der Waals surface area contributed by atoms with E-state index in [9.17, 15) is 22.8 Å². The van der Waals surface area contributed by atoms with E-state index >= 15 is 0 Å². The molecule has 160 valence electrons. The smallest absolute Gasteiger partial charge is 0.457 e. The minimum absolute atomic E-state index is 0.0445. The second-order valence-electron chi connectivity index (χ2n) is 6.17. The molecule has 1 aliphatic heterocycles. The van der Waals surface area contributed by atoms with Crippen molar-refractivity contribution in [3.8, 4) is 0 Å². The first-order valence-electron chi connectivity index (χ1n) is 8.50. The molecule has 3 unspecified atom stereocenters. The van der Waals surface area contributed by atoms with Crippen LogP contribution in [0.25, 0.3) is 0 Å². The highest BCUT2D eigenvalue weighted by molar-refractivity contribution is 14.1. The molecule has 2 rings (SSSR count). The van der Waals surface area contributed by atoms with Gasteiger partial charge in [-0.15, -0.1) is 0 Å². The molecule has 0 bridgehead atoms. The third-order valence-corrected chi connectivity index (χ3v) is 5.07. The lowest BCUT2D eigenvalue weighted by Gasteiger charge is -2.42. The van der Waals surface area contributed by atoms with E-state index in [1.165, 1.54) is 31.2 Å². The molecule has 0 radical (unpaired) electrons. The van der Waals surface area contributed by atoms with Gasteiger partial charge in [0.2, 0.25) is 6.29 Å². The monoisotopic (exact) mass is 529 g/mol. The first-order valence-corrected chi connectivity index (χ1v) is 9.75. The van der Waals surface area contributed by atoms with E-state index in [1.54, 1.807) is 28.7 Å². The van der Waals surface area contributed by atoms with Crippen molar-refractivity contribution in [2.24, 2.45) is 4.99 Å². The minimum Gasteiger partial charge on any atom is -0.457 e. The molecule has 1 heterocycles. The zero-order valence-electron chi connectivity index (χ0n) is 15.7. The summed E-state index contributed by atoms with van der Waals surface area (Å²) in [4.78, 5) is 26.4. The normalized spacial score (nSPS) is 27.8. The summed E-state index contributed by atoms with van der Waals surface area (Å²) in [7, 11) is 0. The number of hydrogen-bond donors (Lipinski definition) is 0. The van der Waals surface area contributed by atoms with Crippen LogP contribution in [-0.2, 0) is 28.5 Å². The second kappa shape index (κ2) is 9.74. The number of carbonyl (C=O) groups excluding carboxylic acids is 2. The van der Waals surface area contributed by atoms with Crippen molar-refractivity contribution >= 4 is 46.1 Å². The summed E-state index contributed by atoms with van der Waals surface area (Å²) in [5, 5.41) is 0. The van der Waals surface area contributed by atoms with Crippen molar-refractivity contribution in [2.45, 2.75) is 55.5 Å². The van der Waals surface area contributed by atoms with Crippen LogP contribution in [0.1, 0.15) is 20.8 Å². The van der Waals surface area contributed by atoms with E-state index in [-0.39, 0.29) is 5.69 Å². The molecule has 5 atom stereocenters. The molecule has 0 aliphatic carbocycles. The number of halogens is 4. The van der Waals surface area contributed by atoms with Crippen LogP contribution in [-0.4, -0.2) is 52.5 Å². The fraction of sp³-hybridized carbons (Fsp3) is 0.500. The lowest BCUT2D eigenvalue weighted by atomic mass is 10.0. The molecule has 0 saturated carbocycles. The molecular formula is C18H19F3INO6. The van der Waals surface area contributed by atoms with Gasteiger partial charge in [-0.25, -0.2) is 4.99 Å². The van der Waals surface area contributed by atoms with Crippen LogP contribution in [0.15, 0.2) is 35.3 Å². The summed E-state index contributed by atoms with van der Waals surface area (Å²) in [5.41, 5.74) is 0.0445. The number of rotatable bonds is 4. The van der Waals surface area contributed by atoms with E-state index in [0.29, 0.717) is 0 Å². The molecule has 0 N–H and O–H groups in total. The molecule has 1 fully saturated rings. The maximum atomic E-state index is 13.5. The van der Waals surface area contributed by atoms with E-state index in [1.807, 2.05) is 0 Å². The molecule has 0 aromatic heterocycles. The number of benzene rings is 1. The summed E-state index contributed by atoms with van der Waals surface area (Å²) >= 11 is 1.74. The van der Waals surface area contributed by atoms with Gasteiger partial charge in [0.15, 0.2) is 12.2 Å². The highest BCUT2D eigenvalue weighted by Crippen LogP contribution is 2.34. The predicted octanol–water partition coefficient (Wildman–Crippen LogP) is 3.71. The fourth-order valence-corrected chi connectivity index (χ4v) is 3.50. The first-order chi connectivity index (χ1) is 13.5. The van der Waals surface area contributed by atoms with Crippen LogP contribution < -0.4 is 0 Å². The van der Waals surface area contributed by atoms with Gasteiger partial charge in [0.25, 0.3) is 5.90 Å². The van der Waals surface area contributed by atoms with Crippen LogP contribution in [0.5, 0.6) is 0 Å². The molecule has 0 amide bonds. The lowest BCUT2D eigenvalue weighted by Crippen LogP contribution is -2.58. The van der Waals surface area contributed by atoms with Gasteiger partial charge in [-0.05, 0) is 19.1 Å². The SMILES string of the molecule is CC(=O)OC1C(I)[C@H](OC(=Nc2ccccc2)C(F)(F)F)OC(C)[C@H]1OC(C)=O. The van der Waals surface area contributed by atoms with Gasteiger partial charge in [-0.2, -0.15) is 13.2 Å². The topological polar surface area (TPSA) is 83.4 Å². The van der Waals surface area contributed by atoms with Crippen LogP contribution in [0, 0.1) is 0 Å². The highest BCUT2D eigenvalue weighted by atomic mass is 127. The Hall–Kier alpha value is -1.89. The lowest BCUT2D eigenvalue weighted by molar-refractivity contribution is -0.235. The molecule has 29 heavy (non-hydrogen) atoms. The number of carbonyl (C=O) groups is 2. The highest BCUT2D eigenvalue weighted by Gasteiger charge is 2.50. The van der Waals surface area contributed by atoms with Crippen LogP contribution in [0.3, 0.4) is 0 Å². The number of nitrogens with zero attached hydrogens (tertiary/aromatic N) is 1. The molecule has 7 nitrogen and oxygen atoms in total. The van der Waals surface area contributed by atoms with Crippen molar-refractivity contribution in [3.63, 3.8) is 0 Å². The van der Waals surface area contributed by atoms with Crippen LogP contribution in [0.2, 0.25) is 0 Å². The average molecular weight is 529 g/mol. The van der Waals surface area contributed by atoms with Gasteiger partial charge in [-0.1, -0.05) is 40.8 Å². The predicted molar refractivity (Wildman–Crippen MR) is 104 cm³/mol. The van der Waals surface area contributed by atoms with Gasteiger partial charge in [0.1, 0.15) is 3.92 Å². The molecule has 1 aliphatic rings. The van der Waals surface area contributed by atoms with Crippen molar-refractivity contribution in [3.05, 3.63) is 30.3 Å². The van der Waals surface area contributed by atoms with Gasteiger partial charge < -0.3 is 18.9 Å². The average Bonchev–Trinajstić information content (AvgIpc) is 2.61. The Morgan fingerprint density at radius 3 is 2.10 bits per heavy atom. The number of esters is 2. The van der Waals surface area contributed by atoms with E-state index in [0.717, 1.165) is 13.8 Å². The Labute approximate surface area is 178 Å². The zero-order chi connectivity index (χ0) is 21.8. The van der Waals surface area contributed by atoms with Gasteiger partial charge in [-0.3, -0.25) is 9.59 Å². The summed E-state index contributed by atoms with van der Waals surface area (Å²) in [6.45, 7) is 3.78. The number of para-hydroxylation sites is 1. The van der Waals surface area contributed by atoms with Gasteiger partial charge in [0, 0.05) is 13.8 Å². The third-order valence-electron chi connectivity index (χ3n) is 3.77. The molecule has 11 heteroatoms. The maximum Gasteiger partial charge on any atom is 0.468 e. The summed E-state index contributed by atoms with van der Waals surface area (Å²) < 4.78 is 60.4. The van der Waals surface area contributed by atoms with E-state index < -0.39 is 52.5 Å². The van der Waals surface area contributed by atoms with Crippen molar-refractivity contribution in [2.75, 3.05) is 0 Å². The second-order valence-corrected chi connectivity index (χ2v) is 7.61. The Kier molecular flexibility index (Phi) is 7.86. The largest absolute Gasteiger partial charge is 0.468 e. The number of hydrogen-bond acceptors (Lipinski definition) is 7. The van der Waals surface area contributed by atoms with Crippen molar-refractivity contribution in [1.29, 1.82) is 0 Å². The van der Waals surface area contributed by atoms with Gasteiger partial charge in [0.05, 0.1) is 11.8 Å². The molecular weight excluding hydrogens is 510 g/mol. The summed E-state index contributed by atoms with van der Waals surface area (Å²) in [5.74, 6) is -2.84. The third kappa shape index (κ3) is 6.56. The molecule has 1 saturated heterocycles. The van der Waals surface area contributed by atoms with Gasteiger partial charge >= 0.3 is 18.1 Å². The Morgan fingerprint density at radius 2 is 1.59 bits per heavy atom. The number of ether oxygens (including phenoxy) is 4. The Bertz CT molecular complexity index is 758. The van der Waals surface area contributed by atoms with E-state index in [2.05, 4.69) is 4.99 Å². The maximum absolute atomic E-state index is 13.5. The Morgan fingerprint density at radius 1 is 1.03 bits per heavy atom. The number of alkyl halides is 4. The van der Waals surface area contributed by atoms with Crippen molar-refractivity contribution < 1.29 is 41.7 Å². The van der Waals surface area contributed by atoms with Crippen LogP contribution >= 0.6 is 22.6 Å². The van der Waals surface area contributed by atoms with Crippen molar-refractivity contribution in [1.82, 2.24) is 0 Å². The van der Waals surface area contributed by atoms with E-state index in [4.69, 9.17) is 18.9 Å². The zero-order valence-corrected chi connectivity index (χ0v) is 17.8. The summed E-state index contributed by atoms with van der Waals surface area (Å²) in [6.07, 6.45) is -9.31. The standard InChI is InChI=1S/C18H19F3INO6/c1-9-14(27-10(2)24)15(28-11(3)25)13(22)16(26-9)29-17(18(19,20)21)23-12-7-5-4-6-8-12/h4-9,13-16H,1-3H3/t9?,13?,14-,15?,16+/m1/s1. The number of aliphatic imine (C=N–C) groups is 1. The molecule has 1 aromatic carbocycles. The Balaban J connectivity index is 2.31. The minimum atomic E-state index is -4.89. The molecule has 0 spiro atoms. The first kappa shape index (κ1) is 23.4. The van der Waals surface area contributed by atoms with Crippen LogP contribution in [0.4, 0.5) is 18.9 Å². The molecule has 1 aromatic rings. The quantitative estimate of drug-likeness (QED) is 0.195.